The van der Waals surface area contributed by atoms with Crippen LogP contribution in [0.5, 0.6) is 0 Å². The van der Waals surface area contributed by atoms with E-state index in [1.807, 2.05) is 24.3 Å². The first-order valence-corrected chi connectivity index (χ1v) is 11.0. The molecule has 1 N–H and O–H groups in total. The second kappa shape index (κ2) is 8.61. The van der Waals surface area contributed by atoms with Gasteiger partial charge >= 0.3 is 0 Å². The van der Waals surface area contributed by atoms with Crippen molar-refractivity contribution in [3.05, 3.63) is 36.0 Å². The number of pyridine rings is 1. The number of piperidine rings is 1. The average molecular weight is 406 g/mol. The molecular weight excluding hydrogens is 374 g/mol. The second-order valence-corrected chi connectivity index (χ2v) is 9.15. The maximum absolute atomic E-state index is 13.2. The third-order valence-corrected chi connectivity index (χ3v) is 6.83. The number of nitrogens with one attached hydrogen (secondary N) is 1. The van der Waals surface area contributed by atoms with Crippen LogP contribution in [0.1, 0.15) is 32.3 Å². The summed E-state index contributed by atoms with van der Waals surface area (Å²) in [5.74, 6) is 0.901. The van der Waals surface area contributed by atoms with Gasteiger partial charge in [-0.15, -0.1) is 0 Å². The highest BCUT2D eigenvalue weighted by Crippen LogP contribution is 2.37. The lowest BCUT2D eigenvalue weighted by molar-refractivity contribution is -0.127. The summed E-state index contributed by atoms with van der Waals surface area (Å²) in [5.41, 5.74) is 2.39. The van der Waals surface area contributed by atoms with Crippen molar-refractivity contribution in [1.82, 2.24) is 15.2 Å². The van der Waals surface area contributed by atoms with Crippen molar-refractivity contribution >= 4 is 22.5 Å². The summed E-state index contributed by atoms with van der Waals surface area (Å²) in [5, 5.41) is 13.8. The Bertz CT molecular complexity index is 958. The molecule has 0 saturated carbocycles. The van der Waals surface area contributed by atoms with Gasteiger partial charge in [-0.05, 0) is 69.1 Å². The lowest BCUT2D eigenvalue weighted by Crippen LogP contribution is -2.47. The van der Waals surface area contributed by atoms with Gasteiger partial charge in [-0.3, -0.25) is 9.78 Å². The molecule has 6 nitrogen and oxygen atoms in total. The van der Waals surface area contributed by atoms with Gasteiger partial charge in [0.05, 0.1) is 17.0 Å². The minimum absolute atomic E-state index is 0.0213. The Balaban J connectivity index is 1.57. The summed E-state index contributed by atoms with van der Waals surface area (Å²) in [6.45, 7) is 8.06. The molecule has 6 heteroatoms. The van der Waals surface area contributed by atoms with Crippen molar-refractivity contribution in [2.75, 3.05) is 38.1 Å². The quantitative estimate of drug-likeness (QED) is 0.847. The number of nitrogens with zero attached hydrogens (tertiary/aromatic N) is 4. The van der Waals surface area contributed by atoms with Gasteiger partial charge in [0, 0.05) is 36.4 Å². The zero-order valence-corrected chi connectivity index (χ0v) is 18.1. The van der Waals surface area contributed by atoms with Crippen molar-refractivity contribution < 1.29 is 4.79 Å². The standard InChI is InChI=1S/C24H31N5O/c1-16(2)20-14-29(15-21(20)24(30)27-18-8-11-28(3)12-9-18)22-7-6-17(13-25)23-19(22)5-4-10-26-23/h4-7,10,16,18,20-21H,8-9,11-12,14-15H2,1-3H3,(H,27,30)/t20-,21+/m0/s1. The fourth-order valence-electron chi connectivity index (χ4n) is 4.96. The van der Waals surface area contributed by atoms with E-state index in [4.69, 9.17) is 0 Å². The van der Waals surface area contributed by atoms with Gasteiger partial charge < -0.3 is 15.1 Å². The zero-order chi connectivity index (χ0) is 21.3. The Labute approximate surface area is 178 Å². The van der Waals surface area contributed by atoms with E-state index in [2.05, 4.69) is 47.1 Å². The Morgan fingerprint density at radius 2 is 2.00 bits per heavy atom. The van der Waals surface area contributed by atoms with E-state index < -0.39 is 0 Å². The number of benzene rings is 1. The monoisotopic (exact) mass is 405 g/mol. The highest BCUT2D eigenvalue weighted by molar-refractivity contribution is 5.95. The van der Waals surface area contributed by atoms with Gasteiger partial charge in [-0.25, -0.2) is 0 Å². The molecule has 2 aliphatic rings. The fraction of sp³-hybridized carbons (Fsp3) is 0.542. The predicted molar refractivity (Wildman–Crippen MR) is 119 cm³/mol. The van der Waals surface area contributed by atoms with E-state index in [0.29, 0.717) is 23.9 Å². The van der Waals surface area contributed by atoms with Crippen molar-refractivity contribution in [2.24, 2.45) is 17.8 Å². The first-order valence-electron chi connectivity index (χ1n) is 11.0. The molecule has 2 saturated heterocycles. The Kier molecular flexibility index (Phi) is 5.92. The Morgan fingerprint density at radius 1 is 1.23 bits per heavy atom. The highest BCUT2D eigenvalue weighted by atomic mass is 16.2. The van der Waals surface area contributed by atoms with E-state index in [-0.39, 0.29) is 17.9 Å². The molecule has 1 amide bonds. The third-order valence-electron chi connectivity index (χ3n) is 6.83. The number of nitriles is 1. The van der Waals surface area contributed by atoms with Crippen LogP contribution in [-0.2, 0) is 4.79 Å². The molecule has 0 spiro atoms. The largest absolute Gasteiger partial charge is 0.370 e. The number of fused-ring (bicyclic) bond motifs is 1. The van der Waals surface area contributed by atoms with Crippen LogP contribution < -0.4 is 10.2 Å². The van der Waals surface area contributed by atoms with Crippen LogP contribution in [0.25, 0.3) is 10.9 Å². The van der Waals surface area contributed by atoms with Gasteiger partial charge in [0.2, 0.25) is 5.91 Å². The number of anilines is 1. The van der Waals surface area contributed by atoms with Crippen LogP contribution in [0, 0.1) is 29.1 Å². The van der Waals surface area contributed by atoms with Gasteiger partial charge in [0.15, 0.2) is 0 Å². The number of hydrogen-bond donors (Lipinski definition) is 1. The van der Waals surface area contributed by atoms with E-state index in [1.165, 1.54) is 0 Å². The third kappa shape index (κ3) is 3.99. The summed E-state index contributed by atoms with van der Waals surface area (Å²) in [6.07, 6.45) is 3.78. The Morgan fingerprint density at radius 3 is 2.70 bits per heavy atom. The van der Waals surface area contributed by atoms with E-state index >= 15 is 0 Å². The molecule has 2 fully saturated rings. The molecule has 0 aliphatic carbocycles. The van der Waals surface area contributed by atoms with Gasteiger partial charge in [-0.1, -0.05) is 13.8 Å². The minimum atomic E-state index is -0.0213. The first-order chi connectivity index (χ1) is 14.5. The van der Waals surface area contributed by atoms with Crippen LogP contribution in [0.15, 0.2) is 30.5 Å². The molecule has 30 heavy (non-hydrogen) atoms. The van der Waals surface area contributed by atoms with Crippen LogP contribution >= 0.6 is 0 Å². The topological polar surface area (TPSA) is 72.3 Å². The van der Waals surface area contributed by atoms with Gasteiger partial charge in [0.25, 0.3) is 0 Å². The number of carbonyl (C=O) groups is 1. The lowest BCUT2D eigenvalue weighted by Gasteiger charge is -2.31. The summed E-state index contributed by atoms with van der Waals surface area (Å²) in [4.78, 5) is 22.3. The average Bonchev–Trinajstić information content (AvgIpc) is 3.20. The van der Waals surface area contributed by atoms with Crippen molar-refractivity contribution in [3.63, 3.8) is 0 Å². The maximum Gasteiger partial charge on any atom is 0.225 e. The molecule has 1 aromatic carbocycles. The van der Waals surface area contributed by atoms with Crippen molar-refractivity contribution in [2.45, 2.75) is 32.7 Å². The maximum atomic E-state index is 13.2. The smallest absolute Gasteiger partial charge is 0.225 e. The molecule has 4 rings (SSSR count). The summed E-state index contributed by atoms with van der Waals surface area (Å²) in [7, 11) is 2.14. The lowest BCUT2D eigenvalue weighted by atomic mass is 9.85. The van der Waals surface area contributed by atoms with Crippen LogP contribution in [0.2, 0.25) is 0 Å². The Hall–Kier alpha value is -2.65. The molecule has 0 bridgehead atoms. The molecule has 0 radical (unpaired) electrons. The number of rotatable bonds is 4. The van der Waals surface area contributed by atoms with Crippen LogP contribution in [0.3, 0.4) is 0 Å². The van der Waals surface area contributed by atoms with Crippen molar-refractivity contribution in [3.8, 4) is 6.07 Å². The molecule has 3 heterocycles. The van der Waals surface area contributed by atoms with Crippen LogP contribution in [-0.4, -0.2) is 55.1 Å². The number of carbonyl (C=O) groups excluding carboxylic acids is 1. The predicted octanol–water partition coefficient (Wildman–Crippen LogP) is 3.03. The van der Waals surface area contributed by atoms with E-state index in [0.717, 1.165) is 49.1 Å². The molecule has 2 atom stereocenters. The van der Waals surface area contributed by atoms with Crippen molar-refractivity contribution in [1.29, 1.82) is 5.26 Å². The minimum Gasteiger partial charge on any atom is -0.370 e. The SMILES string of the molecule is CC(C)[C@@H]1CN(c2ccc(C#N)c3ncccc23)C[C@H]1C(=O)NC1CCN(C)CC1. The molecule has 2 aromatic rings. The number of hydrogen-bond acceptors (Lipinski definition) is 5. The molecule has 1 aromatic heterocycles. The summed E-state index contributed by atoms with van der Waals surface area (Å²) < 4.78 is 0. The van der Waals surface area contributed by atoms with Crippen LogP contribution in [0.4, 0.5) is 5.69 Å². The normalized spacial score (nSPS) is 23.1. The molecule has 0 unspecified atom stereocenters. The number of aromatic nitrogens is 1. The summed E-state index contributed by atoms with van der Waals surface area (Å²) >= 11 is 0. The van der Waals surface area contributed by atoms with E-state index in [1.54, 1.807) is 6.20 Å². The van der Waals surface area contributed by atoms with Gasteiger partial charge in [0.1, 0.15) is 6.07 Å². The summed E-state index contributed by atoms with van der Waals surface area (Å²) in [6, 6.07) is 10.3. The molecule has 2 aliphatic heterocycles. The second-order valence-electron chi connectivity index (χ2n) is 9.15. The zero-order valence-electron chi connectivity index (χ0n) is 18.1. The molecular formula is C24H31N5O. The number of likely N-dealkylation sites (tertiary alicyclic amines) is 1. The van der Waals surface area contributed by atoms with E-state index in [9.17, 15) is 10.1 Å². The number of amides is 1. The fourth-order valence-corrected chi connectivity index (χ4v) is 4.96. The molecule has 158 valence electrons. The van der Waals surface area contributed by atoms with Gasteiger partial charge in [-0.2, -0.15) is 5.26 Å². The first kappa shape index (κ1) is 20.6. The highest BCUT2D eigenvalue weighted by Gasteiger charge is 2.40.